The van der Waals surface area contributed by atoms with Crippen LogP contribution in [0.1, 0.15) is 30.4 Å². The number of hydrogen-bond acceptors (Lipinski definition) is 0. The summed E-state index contributed by atoms with van der Waals surface area (Å²) in [6, 6.07) is 8.87. The van der Waals surface area contributed by atoms with Crippen molar-refractivity contribution in [1.29, 1.82) is 0 Å². The van der Waals surface area contributed by atoms with Crippen molar-refractivity contribution in [2.75, 3.05) is 4.43 Å². The quantitative estimate of drug-likeness (QED) is 0.579. The molecule has 0 saturated heterocycles. The maximum atomic E-state index is 2.44. The van der Waals surface area contributed by atoms with Crippen molar-refractivity contribution in [2.24, 2.45) is 0 Å². The number of halogens is 1. The molecule has 0 heterocycles. The second-order valence-electron chi connectivity index (χ2n) is 3.29. The van der Waals surface area contributed by atoms with Gasteiger partial charge in [-0.25, -0.2) is 0 Å². The number of alkyl halides is 1. The van der Waals surface area contributed by atoms with Crippen LogP contribution in [0.3, 0.4) is 0 Å². The molecule has 0 nitrogen and oxygen atoms in total. The average Bonchev–Trinajstić information content (AvgIpc) is 2.06. The van der Waals surface area contributed by atoms with Gasteiger partial charge in [-0.05, 0) is 24.8 Å². The van der Waals surface area contributed by atoms with Gasteiger partial charge in [0.25, 0.3) is 0 Å². The van der Waals surface area contributed by atoms with Gasteiger partial charge in [-0.3, -0.25) is 0 Å². The van der Waals surface area contributed by atoms with Crippen LogP contribution in [0.4, 0.5) is 0 Å². The summed E-state index contributed by atoms with van der Waals surface area (Å²) in [6.07, 6.45) is 1.28. The lowest BCUT2D eigenvalue weighted by Gasteiger charge is -2.09. The van der Waals surface area contributed by atoms with E-state index in [0.717, 1.165) is 0 Å². The van der Waals surface area contributed by atoms with Crippen LogP contribution in [-0.2, 0) is 0 Å². The molecule has 0 aromatic heterocycles. The second-order valence-corrected chi connectivity index (χ2v) is 4.37. The van der Waals surface area contributed by atoms with E-state index in [0.29, 0.717) is 5.92 Å². The Morgan fingerprint density at radius 3 is 2.33 bits per heavy atom. The topological polar surface area (TPSA) is 0 Å². The Balaban J connectivity index is 2.68. The van der Waals surface area contributed by atoms with E-state index in [4.69, 9.17) is 0 Å². The molecule has 12 heavy (non-hydrogen) atoms. The maximum Gasteiger partial charge on any atom is 0.0000988 e. The number of benzene rings is 1. The Kier molecular flexibility index (Phi) is 4.06. The maximum absolute atomic E-state index is 2.44. The van der Waals surface area contributed by atoms with Crippen molar-refractivity contribution < 1.29 is 0 Å². The molecule has 1 aromatic rings. The van der Waals surface area contributed by atoms with E-state index in [1.165, 1.54) is 22.0 Å². The Morgan fingerprint density at radius 2 is 1.83 bits per heavy atom. The SMILES string of the molecule is Cc1ccc([C@@H](C)CCI)cc1. The number of aryl methyl sites for hydroxylation is 1. The molecule has 0 unspecified atom stereocenters. The van der Waals surface area contributed by atoms with Crippen molar-refractivity contribution in [3.05, 3.63) is 35.4 Å². The predicted octanol–water partition coefficient (Wildman–Crippen LogP) is 3.92. The summed E-state index contributed by atoms with van der Waals surface area (Å²) in [4.78, 5) is 0. The third-order valence-corrected chi connectivity index (χ3v) is 2.81. The van der Waals surface area contributed by atoms with Crippen LogP contribution in [-0.4, -0.2) is 4.43 Å². The molecular weight excluding hydrogens is 259 g/mol. The summed E-state index contributed by atoms with van der Waals surface area (Å²) in [5, 5.41) is 0. The molecule has 1 atom stereocenters. The Morgan fingerprint density at radius 1 is 1.25 bits per heavy atom. The van der Waals surface area contributed by atoms with E-state index < -0.39 is 0 Å². The van der Waals surface area contributed by atoms with E-state index in [1.807, 2.05) is 0 Å². The largest absolute Gasteiger partial charge is 0.0864 e. The first-order valence-corrected chi connectivity index (χ1v) is 5.89. The van der Waals surface area contributed by atoms with Gasteiger partial charge in [-0.15, -0.1) is 0 Å². The zero-order valence-electron chi connectivity index (χ0n) is 7.68. The average molecular weight is 274 g/mol. The van der Waals surface area contributed by atoms with Crippen LogP contribution in [0, 0.1) is 6.92 Å². The molecule has 0 spiro atoms. The summed E-state index contributed by atoms with van der Waals surface area (Å²) in [7, 11) is 0. The molecule has 0 aliphatic rings. The minimum Gasteiger partial charge on any atom is -0.0864 e. The molecule has 0 aliphatic carbocycles. The summed E-state index contributed by atoms with van der Waals surface area (Å²) in [6.45, 7) is 4.43. The zero-order valence-corrected chi connectivity index (χ0v) is 9.84. The van der Waals surface area contributed by atoms with Crippen LogP contribution < -0.4 is 0 Å². The highest BCUT2D eigenvalue weighted by Crippen LogP contribution is 2.19. The lowest BCUT2D eigenvalue weighted by atomic mass is 9.98. The van der Waals surface area contributed by atoms with Gasteiger partial charge in [-0.1, -0.05) is 59.3 Å². The van der Waals surface area contributed by atoms with Crippen LogP contribution >= 0.6 is 22.6 Å². The highest BCUT2D eigenvalue weighted by molar-refractivity contribution is 14.1. The molecule has 0 radical (unpaired) electrons. The van der Waals surface area contributed by atoms with Crippen molar-refractivity contribution in [2.45, 2.75) is 26.2 Å². The van der Waals surface area contributed by atoms with Crippen molar-refractivity contribution in [3.8, 4) is 0 Å². The third-order valence-electron chi connectivity index (χ3n) is 2.19. The molecule has 1 aromatic carbocycles. The fraction of sp³-hybridized carbons (Fsp3) is 0.455. The second kappa shape index (κ2) is 4.85. The van der Waals surface area contributed by atoms with E-state index in [2.05, 4.69) is 60.7 Å². The minimum absolute atomic E-state index is 0.711. The highest BCUT2D eigenvalue weighted by Gasteiger charge is 2.02. The van der Waals surface area contributed by atoms with E-state index in [-0.39, 0.29) is 0 Å². The Hall–Kier alpha value is -0.0500. The van der Waals surface area contributed by atoms with Crippen LogP contribution in [0.2, 0.25) is 0 Å². The lowest BCUT2D eigenvalue weighted by Crippen LogP contribution is -1.93. The molecule has 1 rings (SSSR count). The molecule has 0 N–H and O–H groups in total. The monoisotopic (exact) mass is 274 g/mol. The molecule has 0 fully saturated rings. The fourth-order valence-corrected chi connectivity index (χ4v) is 2.16. The molecular formula is C11H15I. The molecule has 0 aliphatic heterocycles. The normalized spacial score (nSPS) is 12.9. The summed E-state index contributed by atoms with van der Waals surface area (Å²) < 4.78 is 1.24. The van der Waals surface area contributed by atoms with Crippen molar-refractivity contribution >= 4 is 22.6 Å². The minimum atomic E-state index is 0.711. The van der Waals surface area contributed by atoms with Gasteiger partial charge < -0.3 is 0 Å². The summed E-state index contributed by atoms with van der Waals surface area (Å²) >= 11 is 2.44. The number of rotatable bonds is 3. The highest BCUT2D eigenvalue weighted by atomic mass is 127. The van der Waals surface area contributed by atoms with Crippen LogP contribution in [0.5, 0.6) is 0 Å². The van der Waals surface area contributed by atoms with Crippen LogP contribution in [0.25, 0.3) is 0 Å². The summed E-state index contributed by atoms with van der Waals surface area (Å²) in [5.41, 5.74) is 2.82. The lowest BCUT2D eigenvalue weighted by molar-refractivity contribution is 0.747. The van der Waals surface area contributed by atoms with Gasteiger partial charge in [0, 0.05) is 4.43 Å². The first-order chi connectivity index (χ1) is 5.74. The smallest absolute Gasteiger partial charge is 0.0000988 e. The van der Waals surface area contributed by atoms with Gasteiger partial charge in [-0.2, -0.15) is 0 Å². The van der Waals surface area contributed by atoms with Crippen molar-refractivity contribution in [3.63, 3.8) is 0 Å². The van der Waals surface area contributed by atoms with Crippen LogP contribution in [0.15, 0.2) is 24.3 Å². The molecule has 0 bridgehead atoms. The summed E-state index contributed by atoms with van der Waals surface area (Å²) in [5.74, 6) is 0.711. The zero-order chi connectivity index (χ0) is 8.97. The first kappa shape index (κ1) is 10.0. The fourth-order valence-electron chi connectivity index (χ4n) is 1.23. The first-order valence-electron chi connectivity index (χ1n) is 4.36. The Bertz CT molecular complexity index is 225. The molecule has 0 amide bonds. The van der Waals surface area contributed by atoms with Gasteiger partial charge in [0.05, 0.1) is 0 Å². The number of hydrogen-bond donors (Lipinski definition) is 0. The van der Waals surface area contributed by atoms with E-state index in [9.17, 15) is 0 Å². The molecule has 66 valence electrons. The van der Waals surface area contributed by atoms with Gasteiger partial charge in [0.15, 0.2) is 0 Å². The van der Waals surface area contributed by atoms with Gasteiger partial charge in [0.2, 0.25) is 0 Å². The van der Waals surface area contributed by atoms with Gasteiger partial charge >= 0.3 is 0 Å². The third kappa shape index (κ3) is 2.77. The predicted molar refractivity (Wildman–Crippen MR) is 63.1 cm³/mol. The van der Waals surface area contributed by atoms with E-state index >= 15 is 0 Å². The Labute approximate surface area is 88.5 Å². The molecule has 0 saturated carbocycles. The molecule has 1 heteroatoms. The van der Waals surface area contributed by atoms with E-state index in [1.54, 1.807) is 0 Å². The van der Waals surface area contributed by atoms with Crippen molar-refractivity contribution in [1.82, 2.24) is 0 Å². The van der Waals surface area contributed by atoms with Gasteiger partial charge in [0.1, 0.15) is 0 Å². The standard InChI is InChI=1S/C11H15I/c1-9-3-5-11(6-4-9)10(2)7-8-12/h3-6,10H,7-8H2,1-2H3/t10-/m0/s1.